The number of ketones is 1. The summed E-state index contributed by atoms with van der Waals surface area (Å²) in [6.07, 6.45) is -0.659. The number of ether oxygens (including phenoxy) is 1. The zero-order chi connectivity index (χ0) is 20.6. The average Bonchev–Trinajstić information content (AvgIpc) is 3.12. The van der Waals surface area contributed by atoms with E-state index >= 15 is 0 Å². The zero-order valence-corrected chi connectivity index (χ0v) is 16.7. The molecule has 0 aliphatic carbocycles. The molecule has 3 aliphatic heterocycles. The number of amides is 1. The number of aryl methyl sites for hydroxylation is 1. The highest BCUT2D eigenvalue weighted by molar-refractivity contribution is 7.48. The van der Waals surface area contributed by atoms with Crippen LogP contribution >= 0.6 is 7.82 Å². The third-order valence-corrected chi connectivity index (χ3v) is 6.53. The smallest absolute Gasteiger partial charge is 0.349 e. The standard InChI is InChI=1S/C19H21FNO7P/c1-2-12-3-5-13(6-4-12)10-25-29(24)26-11-17-16(28-29)8-19(27-17)21-9-14(20)15(22)7-18(21)23/h3-6,9,16-17,19H,2,7-8,10-11H2,1H3/t16-,17+,19+,29?/m0/s1. The number of carbonyl (C=O) groups excluding carboxylic acids is 2. The van der Waals surface area contributed by atoms with Gasteiger partial charge in [0.2, 0.25) is 11.7 Å². The van der Waals surface area contributed by atoms with Crippen LogP contribution in [0.4, 0.5) is 4.39 Å². The summed E-state index contributed by atoms with van der Waals surface area (Å²) < 4.78 is 48.3. The molecule has 0 aromatic heterocycles. The van der Waals surface area contributed by atoms with Gasteiger partial charge in [-0.1, -0.05) is 31.2 Å². The number of phosphoric acid groups is 1. The van der Waals surface area contributed by atoms with Crippen LogP contribution in [0.25, 0.3) is 0 Å². The number of phosphoric ester groups is 1. The summed E-state index contributed by atoms with van der Waals surface area (Å²) in [4.78, 5) is 24.4. The molecular weight excluding hydrogens is 404 g/mol. The summed E-state index contributed by atoms with van der Waals surface area (Å²) in [5, 5.41) is 0. The number of hydrogen-bond acceptors (Lipinski definition) is 7. The summed E-state index contributed by atoms with van der Waals surface area (Å²) in [5.41, 5.74) is 2.01. The molecule has 1 amide bonds. The van der Waals surface area contributed by atoms with Gasteiger partial charge in [0.15, 0.2) is 5.83 Å². The summed E-state index contributed by atoms with van der Waals surface area (Å²) in [7, 11) is -3.80. The average molecular weight is 425 g/mol. The Morgan fingerprint density at radius 2 is 1.93 bits per heavy atom. The van der Waals surface area contributed by atoms with E-state index in [0.29, 0.717) is 0 Å². The Hall–Kier alpha value is -1.90. The molecule has 1 unspecified atom stereocenters. The lowest BCUT2D eigenvalue weighted by atomic mass is 10.1. The lowest BCUT2D eigenvalue weighted by Gasteiger charge is -2.30. The number of nitrogens with zero attached hydrogens (tertiary/aromatic N) is 1. The lowest BCUT2D eigenvalue weighted by molar-refractivity contribution is -0.146. The van der Waals surface area contributed by atoms with Gasteiger partial charge in [0, 0.05) is 12.6 Å². The summed E-state index contributed by atoms with van der Waals surface area (Å²) in [5.74, 6) is -2.41. The zero-order valence-electron chi connectivity index (χ0n) is 15.8. The molecule has 0 saturated carbocycles. The molecule has 2 fully saturated rings. The van der Waals surface area contributed by atoms with Crippen LogP contribution in [0.15, 0.2) is 36.3 Å². The number of allylic oxidation sites excluding steroid dienone is 1. The minimum atomic E-state index is -3.80. The van der Waals surface area contributed by atoms with Crippen molar-refractivity contribution in [1.29, 1.82) is 0 Å². The number of carbonyl (C=O) groups is 2. The maximum absolute atomic E-state index is 13.6. The molecule has 3 heterocycles. The highest BCUT2D eigenvalue weighted by atomic mass is 31.2. The highest BCUT2D eigenvalue weighted by Gasteiger charge is 2.49. The minimum absolute atomic E-state index is 0.0413. The van der Waals surface area contributed by atoms with E-state index in [1.165, 1.54) is 5.56 Å². The van der Waals surface area contributed by atoms with Gasteiger partial charge in [0.05, 0.1) is 19.6 Å². The summed E-state index contributed by atoms with van der Waals surface area (Å²) >= 11 is 0. The molecule has 8 nitrogen and oxygen atoms in total. The van der Waals surface area contributed by atoms with Crippen molar-refractivity contribution in [3.63, 3.8) is 0 Å². The molecule has 0 radical (unpaired) electrons. The van der Waals surface area contributed by atoms with Gasteiger partial charge >= 0.3 is 7.82 Å². The van der Waals surface area contributed by atoms with Crippen molar-refractivity contribution < 1.29 is 36.9 Å². The van der Waals surface area contributed by atoms with Crippen molar-refractivity contribution in [3.05, 3.63) is 47.4 Å². The van der Waals surface area contributed by atoms with Crippen molar-refractivity contribution in [2.45, 2.75) is 51.2 Å². The SMILES string of the molecule is CCc1ccc(COP2(=O)OC[C@H]3O[C@@H](N4C=C(F)C(=O)CC4=O)C[C@@H]3O2)cc1. The number of benzene rings is 1. The Morgan fingerprint density at radius 1 is 1.21 bits per heavy atom. The normalized spacial score (nSPS) is 32.3. The predicted molar refractivity (Wildman–Crippen MR) is 98.0 cm³/mol. The maximum atomic E-state index is 13.6. The van der Waals surface area contributed by atoms with Crippen molar-refractivity contribution in [2.75, 3.05) is 6.61 Å². The molecule has 4 atom stereocenters. The first-order valence-electron chi connectivity index (χ1n) is 9.39. The Morgan fingerprint density at radius 3 is 2.66 bits per heavy atom. The van der Waals surface area contributed by atoms with Gasteiger partial charge in [0.1, 0.15) is 18.4 Å². The first-order chi connectivity index (χ1) is 13.9. The number of halogens is 1. The second-order valence-electron chi connectivity index (χ2n) is 7.07. The van der Waals surface area contributed by atoms with Gasteiger partial charge in [-0.05, 0) is 17.5 Å². The van der Waals surface area contributed by atoms with Crippen molar-refractivity contribution in [1.82, 2.24) is 4.90 Å². The van der Waals surface area contributed by atoms with Crippen LogP contribution in [-0.4, -0.2) is 41.6 Å². The van der Waals surface area contributed by atoms with E-state index in [4.69, 9.17) is 18.3 Å². The van der Waals surface area contributed by atoms with Gasteiger partial charge in [-0.2, -0.15) is 0 Å². The van der Waals surface area contributed by atoms with Gasteiger partial charge in [-0.15, -0.1) is 0 Å². The third kappa shape index (κ3) is 4.34. The molecule has 3 aliphatic rings. The maximum Gasteiger partial charge on any atom is 0.475 e. The molecular formula is C19H21FNO7P. The molecule has 156 valence electrons. The van der Waals surface area contributed by atoms with E-state index in [9.17, 15) is 18.5 Å². The number of fused-ring (bicyclic) bond motifs is 1. The van der Waals surface area contributed by atoms with Gasteiger partial charge in [-0.3, -0.25) is 28.1 Å². The molecule has 2 saturated heterocycles. The van der Waals surface area contributed by atoms with Crippen LogP contribution in [0.2, 0.25) is 0 Å². The lowest BCUT2D eigenvalue weighted by Crippen LogP contribution is -2.40. The van der Waals surface area contributed by atoms with Gasteiger partial charge in [0.25, 0.3) is 0 Å². The fourth-order valence-electron chi connectivity index (χ4n) is 3.41. The van der Waals surface area contributed by atoms with Crippen LogP contribution in [0, 0.1) is 0 Å². The van der Waals surface area contributed by atoms with Crippen molar-refractivity contribution in [3.8, 4) is 0 Å². The van der Waals surface area contributed by atoms with E-state index in [0.717, 1.165) is 23.1 Å². The molecule has 29 heavy (non-hydrogen) atoms. The van der Waals surface area contributed by atoms with E-state index in [2.05, 4.69) is 6.92 Å². The van der Waals surface area contributed by atoms with E-state index in [1.807, 2.05) is 24.3 Å². The van der Waals surface area contributed by atoms with Crippen LogP contribution in [0.1, 0.15) is 30.9 Å². The fraction of sp³-hybridized carbons (Fsp3) is 0.474. The molecule has 0 bridgehead atoms. The topological polar surface area (TPSA) is 91.4 Å². The quantitative estimate of drug-likeness (QED) is 0.529. The molecule has 0 N–H and O–H groups in total. The fourth-order valence-corrected chi connectivity index (χ4v) is 4.79. The molecule has 1 aromatic rings. The number of hydrogen-bond donors (Lipinski definition) is 0. The highest BCUT2D eigenvalue weighted by Crippen LogP contribution is 2.56. The summed E-state index contributed by atoms with van der Waals surface area (Å²) in [6, 6.07) is 7.71. The Kier molecular flexibility index (Phi) is 5.68. The summed E-state index contributed by atoms with van der Waals surface area (Å²) in [6.45, 7) is 2.07. The largest absolute Gasteiger partial charge is 0.475 e. The number of rotatable bonds is 5. The van der Waals surface area contributed by atoms with Crippen LogP contribution < -0.4 is 0 Å². The van der Waals surface area contributed by atoms with Crippen LogP contribution in [-0.2, 0) is 45.5 Å². The van der Waals surface area contributed by atoms with Crippen molar-refractivity contribution >= 4 is 19.5 Å². The van der Waals surface area contributed by atoms with E-state index in [-0.39, 0.29) is 19.6 Å². The monoisotopic (exact) mass is 425 g/mol. The van der Waals surface area contributed by atoms with E-state index < -0.39 is 50.2 Å². The van der Waals surface area contributed by atoms with E-state index in [1.54, 1.807) is 0 Å². The molecule has 1 aromatic carbocycles. The van der Waals surface area contributed by atoms with Crippen LogP contribution in [0.5, 0.6) is 0 Å². The Labute approximate surface area is 167 Å². The molecule has 0 spiro atoms. The molecule has 4 rings (SSSR count). The Balaban J connectivity index is 1.37. The first-order valence-corrected chi connectivity index (χ1v) is 10.9. The Bertz CT molecular complexity index is 887. The van der Waals surface area contributed by atoms with Gasteiger partial charge in [-0.25, -0.2) is 8.96 Å². The number of Topliss-reactive ketones (excluding diaryl/α,β-unsaturated/α-hetero) is 1. The van der Waals surface area contributed by atoms with Gasteiger partial charge < -0.3 is 4.74 Å². The predicted octanol–water partition coefficient (Wildman–Crippen LogP) is 3.02. The first kappa shape index (κ1) is 20.4. The van der Waals surface area contributed by atoms with Crippen molar-refractivity contribution in [2.24, 2.45) is 0 Å². The van der Waals surface area contributed by atoms with Crippen LogP contribution in [0.3, 0.4) is 0 Å². The third-order valence-electron chi connectivity index (χ3n) is 5.09. The second kappa shape index (κ2) is 8.08. The second-order valence-corrected chi connectivity index (χ2v) is 8.69. The minimum Gasteiger partial charge on any atom is -0.349 e. The molecule has 10 heteroatoms.